The number of ether oxygens (including phenoxy) is 2. The van der Waals surface area contributed by atoms with E-state index < -0.39 is 0 Å². The van der Waals surface area contributed by atoms with Crippen LogP contribution in [0.2, 0.25) is 0 Å². The molecule has 1 aliphatic heterocycles. The number of rotatable bonds is 9. The van der Waals surface area contributed by atoms with Crippen molar-refractivity contribution in [3.63, 3.8) is 0 Å². The summed E-state index contributed by atoms with van der Waals surface area (Å²) in [5.74, 6) is 1.40. The van der Waals surface area contributed by atoms with Crippen LogP contribution in [0.25, 0.3) is 11.2 Å². The first-order valence-electron chi connectivity index (χ1n) is 10.9. The molecule has 3 aromatic rings. The van der Waals surface area contributed by atoms with Crippen LogP contribution in [0.4, 0.5) is 5.95 Å². The highest BCUT2D eigenvalue weighted by atomic mass is 16.5. The van der Waals surface area contributed by atoms with E-state index in [2.05, 4.69) is 15.2 Å². The zero-order chi connectivity index (χ0) is 22.5. The van der Waals surface area contributed by atoms with E-state index >= 15 is 0 Å². The minimum Gasteiger partial charge on any atom is -0.494 e. The lowest BCUT2D eigenvalue weighted by Gasteiger charge is -2.26. The molecule has 10 nitrogen and oxygen atoms in total. The molecule has 0 unspecified atom stereocenters. The maximum atomic E-state index is 12.9. The number of fused-ring (bicyclic) bond motifs is 1. The van der Waals surface area contributed by atoms with Gasteiger partial charge in [-0.3, -0.25) is 18.8 Å². The number of imidazole rings is 1. The average Bonchev–Trinajstić information content (AvgIpc) is 3.19. The fourth-order valence-electron chi connectivity index (χ4n) is 3.88. The predicted molar refractivity (Wildman–Crippen MR) is 123 cm³/mol. The molecule has 0 amide bonds. The normalized spacial score (nSPS) is 14.7. The molecular formula is C22H30N6O4. The van der Waals surface area contributed by atoms with Gasteiger partial charge < -0.3 is 19.4 Å². The lowest BCUT2D eigenvalue weighted by molar-refractivity contribution is 0.0398. The van der Waals surface area contributed by atoms with Crippen molar-refractivity contribution in [2.75, 3.05) is 51.3 Å². The molecule has 172 valence electrons. The first kappa shape index (κ1) is 22.1. The molecule has 1 saturated heterocycles. The number of hydrogen-bond donors (Lipinski definition) is 1. The van der Waals surface area contributed by atoms with Crippen LogP contribution in [-0.4, -0.2) is 69.6 Å². The van der Waals surface area contributed by atoms with Crippen molar-refractivity contribution in [3.05, 3.63) is 51.2 Å². The third kappa shape index (κ3) is 4.71. The molecule has 1 N–H and O–H groups in total. The van der Waals surface area contributed by atoms with E-state index in [4.69, 9.17) is 9.47 Å². The van der Waals surface area contributed by atoms with Gasteiger partial charge in [0.15, 0.2) is 11.2 Å². The highest BCUT2D eigenvalue weighted by molar-refractivity contribution is 5.74. The first-order valence-corrected chi connectivity index (χ1v) is 10.9. The van der Waals surface area contributed by atoms with Gasteiger partial charge in [-0.05, 0) is 18.6 Å². The molecule has 0 spiro atoms. The van der Waals surface area contributed by atoms with Crippen molar-refractivity contribution in [1.82, 2.24) is 23.6 Å². The molecule has 2 aromatic heterocycles. The SMILES string of the molecule is Cn1c(=O)c2c(nc(NCCN3CCOCC3)n2CCCOc2ccccc2)n(C)c1=O. The third-order valence-electron chi connectivity index (χ3n) is 5.70. The summed E-state index contributed by atoms with van der Waals surface area (Å²) in [4.78, 5) is 32.2. The van der Waals surface area contributed by atoms with Gasteiger partial charge in [0.25, 0.3) is 5.56 Å². The zero-order valence-corrected chi connectivity index (χ0v) is 18.6. The van der Waals surface area contributed by atoms with Gasteiger partial charge in [0.2, 0.25) is 5.95 Å². The van der Waals surface area contributed by atoms with E-state index in [1.807, 2.05) is 34.9 Å². The minimum atomic E-state index is -0.389. The quantitative estimate of drug-likeness (QED) is 0.486. The van der Waals surface area contributed by atoms with E-state index in [1.54, 1.807) is 7.05 Å². The van der Waals surface area contributed by atoms with Gasteiger partial charge in [0, 0.05) is 46.8 Å². The molecule has 1 fully saturated rings. The summed E-state index contributed by atoms with van der Waals surface area (Å²) in [6.45, 7) is 5.88. The van der Waals surface area contributed by atoms with E-state index in [0.29, 0.717) is 43.2 Å². The Hall–Kier alpha value is -3.11. The molecule has 0 radical (unpaired) electrons. The number of aromatic nitrogens is 4. The smallest absolute Gasteiger partial charge is 0.332 e. The van der Waals surface area contributed by atoms with Crippen LogP contribution in [0.1, 0.15) is 6.42 Å². The molecule has 0 bridgehead atoms. The molecule has 0 atom stereocenters. The molecule has 1 aliphatic rings. The van der Waals surface area contributed by atoms with Crippen LogP contribution in [0.15, 0.2) is 39.9 Å². The number of aryl methyl sites for hydroxylation is 2. The van der Waals surface area contributed by atoms with Gasteiger partial charge >= 0.3 is 5.69 Å². The lowest BCUT2D eigenvalue weighted by atomic mass is 10.3. The van der Waals surface area contributed by atoms with Gasteiger partial charge in [-0.15, -0.1) is 0 Å². The molecular weight excluding hydrogens is 412 g/mol. The molecule has 0 aliphatic carbocycles. The second-order valence-corrected chi connectivity index (χ2v) is 7.86. The summed E-state index contributed by atoms with van der Waals surface area (Å²) in [5.41, 5.74) is 0.0689. The fourth-order valence-corrected chi connectivity index (χ4v) is 3.88. The van der Waals surface area contributed by atoms with Crippen molar-refractivity contribution in [3.8, 4) is 5.75 Å². The van der Waals surface area contributed by atoms with Crippen LogP contribution in [0.5, 0.6) is 5.75 Å². The van der Waals surface area contributed by atoms with Crippen molar-refractivity contribution >= 4 is 17.1 Å². The van der Waals surface area contributed by atoms with E-state index in [9.17, 15) is 9.59 Å². The van der Waals surface area contributed by atoms with Crippen LogP contribution in [-0.2, 0) is 25.4 Å². The third-order valence-corrected chi connectivity index (χ3v) is 5.70. The maximum Gasteiger partial charge on any atom is 0.332 e. The molecule has 3 heterocycles. The summed E-state index contributed by atoms with van der Waals surface area (Å²) in [7, 11) is 3.13. The Morgan fingerprint density at radius 1 is 1.06 bits per heavy atom. The topological polar surface area (TPSA) is 95.5 Å². The van der Waals surface area contributed by atoms with Crippen molar-refractivity contribution in [2.24, 2.45) is 14.1 Å². The second-order valence-electron chi connectivity index (χ2n) is 7.86. The zero-order valence-electron chi connectivity index (χ0n) is 18.6. The monoisotopic (exact) mass is 442 g/mol. The van der Waals surface area contributed by atoms with Crippen LogP contribution in [0.3, 0.4) is 0 Å². The van der Waals surface area contributed by atoms with Gasteiger partial charge in [-0.1, -0.05) is 18.2 Å². The van der Waals surface area contributed by atoms with Crippen LogP contribution >= 0.6 is 0 Å². The molecule has 1 aromatic carbocycles. The van der Waals surface area contributed by atoms with Gasteiger partial charge in [-0.25, -0.2) is 4.79 Å². The summed E-state index contributed by atoms with van der Waals surface area (Å²) < 4.78 is 15.6. The van der Waals surface area contributed by atoms with Crippen molar-refractivity contribution in [2.45, 2.75) is 13.0 Å². The summed E-state index contributed by atoms with van der Waals surface area (Å²) in [5, 5.41) is 3.37. The molecule has 4 rings (SSSR count). The summed E-state index contributed by atoms with van der Waals surface area (Å²) in [6.07, 6.45) is 0.685. The first-order chi connectivity index (χ1) is 15.6. The Labute approximate surface area is 186 Å². The van der Waals surface area contributed by atoms with Crippen LogP contribution in [0, 0.1) is 0 Å². The highest BCUT2D eigenvalue weighted by Crippen LogP contribution is 2.17. The minimum absolute atomic E-state index is 0.346. The predicted octanol–water partition coefficient (Wildman–Crippen LogP) is 0.647. The molecule has 10 heteroatoms. The molecule has 0 saturated carbocycles. The van der Waals surface area contributed by atoms with Gasteiger partial charge in [0.05, 0.1) is 19.8 Å². The number of morpholine rings is 1. The van der Waals surface area contributed by atoms with Crippen molar-refractivity contribution in [1.29, 1.82) is 0 Å². The standard InChI is InChI=1S/C22H30N6O4/c1-25-19-18(20(29)26(2)22(25)30)28(10-6-14-32-17-7-4-3-5-8-17)21(24-19)23-9-11-27-12-15-31-16-13-27/h3-5,7-8H,6,9-16H2,1-2H3,(H,23,24). The number of anilines is 1. The number of nitrogens with zero attached hydrogens (tertiary/aromatic N) is 5. The summed E-state index contributed by atoms with van der Waals surface area (Å²) >= 11 is 0. The largest absolute Gasteiger partial charge is 0.494 e. The van der Waals surface area contributed by atoms with E-state index in [0.717, 1.165) is 43.2 Å². The Balaban J connectivity index is 1.53. The lowest BCUT2D eigenvalue weighted by Crippen LogP contribution is -2.39. The van der Waals surface area contributed by atoms with Gasteiger partial charge in [-0.2, -0.15) is 4.98 Å². The number of hydrogen-bond acceptors (Lipinski definition) is 7. The summed E-state index contributed by atoms with van der Waals surface area (Å²) in [6, 6.07) is 9.63. The van der Waals surface area contributed by atoms with Crippen molar-refractivity contribution < 1.29 is 9.47 Å². The maximum absolute atomic E-state index is 12.9. The average molecular weight is 443 g/mol. The Bertz CT molecular complexity index is 1160. The number of para-hydroxylation sites is 1. The number of nitrogens with one attached hydrogen (secondary N) is 1. The van der Waals surface area contributed by atoms with E-state index in [-0.39, 0.29) is 11.2 Å². The molecule has 32 heavy (non-hydrogen) atoms. The highest BCUT2D eigenvalue weighted by Gasteiger charge is 2.19. The second kappa shape index (κ2) is 10.0. The number of benzene rings is 1. The fraction of sp³-hybridized carbons (Fsp3) is 0.500. The van der Waals surface area contributed by atoms with Gasteiger partial charge in [0.1, 0.15) is 5.75 Å². The van der Waals surface area contributed by atoms with E-state index in [1.165, 1.54) is 11.6 Å². The Morgan fingerprint density at radius 2 is 1.81 bits per heavy atom. The van der Waals surface area contributed by atoms with Crippen LogP contribution < -0.4 is 21.3 Å². The Kier molecular flexibility index (Phi) is 6.91. The Morgan fingerprint density at radius 3 is 2.56 bits per heavy atom.